The number of fused-ring (bicyclic) bond motifs is 5. The quantitative estimate of drug-likeness (QED) is 0.113. The molecule has 7 rings (SSSR count). The van der Waals surface area contributed by atoms with Gasteiger partial charge in [-0.1, -0.05) is 53.8 Å². The van der Waals surface area contributed by atoms with Crippen LogP contribution in [0.1, 0.15) is 59.4 Å². The molecule has 0 amide bonds. The molecule has 0 saturated carbocycles. The number of ether oxygens (including phenoxy) is 2. The van der Waals surface area contributed by atoms with Crippen LogP contribution < -0.4 is 11.4 Å². The Morgan fingerprint density at radius 1 is 0.931 bits per heavy atom. The van der Waals surface area contributed by atoms with Gasteiger partial charge in [0.1, 0.15) is 54.6 Å². The molecule has 0 spiro atoms. The molecular weight excluding hydrogens is 869 g/mol. The third kappa shape index (κ3) is 8.45. The first-order valence-electron chi connectivity index (χ1n) is 18.6. The maximum atomic E-state index is 14.5. The van der Waals surface area contributed by atoms with E-state index in [2.05, 4.69) is 96.9 Å². The zero-order chi connectivity index (χ0) is 42.4. The van der Waals surface area contributed by atoms with Gasteiger partial charge in [-0.3, -0.25) is 23.1 Å². The third-order valence-electron chi connectivity index (χ3n) is 11.7. The van der Waals surface area contributed by atoms with Crippen molar-refractivity contribution in [2.45, 2.75) is 127 Å². The van der Waals surface area contributed by atoms with Crippen molar-refractivity contribution in [3.8, 4) is 0 Å². The lowest BCUT2D eigenvalue weighted by molar-refractivity contribution is -0.0545. The molecule has 20 nitrogen and oxygen atoms in total. The van der Waals surface area contributed by atoms with Crippen LogP contribution in [-0.2, 0) is 52.8 Å². The molecule has 4 aromatic rings. The second kappa shape index (κ2) is 15.4. The highest BCUT2D eigenvalue weighted by Gasteiger charge is 2.57. The van der Waals surface area contributed by atoms with Crippen molar-refractivity contribution in [3.63, 3.8) is 0 Å². The summed E-state index contributed by atoms with van der Waals surface area (Å²) in [7, 11) is -5.30. The highest BCUT2D eigenvalue weighted by atomic mass is 32.7. The molecule has 320 valence electrons. The Labute approximate surface area is 347 Å². The van der Waals surface area contributed by atoms with Crippen molar-refractivity contribution in [1.82, 2.24) is 39.1 Å². The predicted octanol–water partition coefficient (Wildman–Crippen LogP) is 5.03. The summed E-state index contributed by atoms with van der Waals surface area (Å²) < 4.78 is 69.3. The van der Waals surface area contributed by atoms with Crippen LogP contribution in [0.15, 0.2) is 30.0 Å². The second-order valence-corrected chi connectivity index (χ2v) is 32.8. The topological polar surface area (TPSA) is 244 Å². The first kappa shape index (κ1) is 44.1. The number of aromatic amines is 1. The average Bonchev–Trinajstić information content (AvgIpc) is 3.87. The Bertz CT molecular complexity index is 2340. The summed E-state index contributed by atoms with van der Waals surface area (Å²) in [5.41, 5.74) is 6.85. The van der Waals surface area contributed by atoms with Gasteiger partial charge < -0.3 is 33.5 Å². The van der Waals surface area contributed by atoms with Gasteiger partial charge in [-0.05, 0) is 48.1 Å². The van der Waals surface area contributed by atoms with Crippen LogP contribution in [0.4, 0.5) is 5.82 Å². The number of anilines is 1. The zero-order valence-electron chi connectivity index (χ0n) is 33.8. The molecule has 4 aromatic heterocycles. The summed E-state index contributed by atoms with van der Waals surface area (Å²) in [5.74, 6) is 0.144. The Morgan fingerprint density at radius 2 is 1.59 bits per heavy atom. The Balaban J connectivity index is 1.30. The van der Waals surface area contributed by atoms with Crippen molar-refractivity contribution in [2.24, 2.45) is 0 Å². The van der Waals surface area contributed by atoms with E-state index in [-0.39, 0.29) is 28.1 Å². The number of imidazole rings is 1. The van der Waals surface area contributed by atoms with E-state index in [1.807, 2.05) is 13.1 Å². The lowest BCUT2D eigenvalue weighted by atomic mass is 10.0. The van der Waals surface area contributed by atoms with Gasteiger partial charge in [0.05, 0.1) is 32.1 Å². The Hall–Kier alpha value is -2.00. The first-order chi connectivity index (χ1) is 26.8. The standard InChI is InChI=1S/C32H51N9O11P2S2Si2/c1-31(2,3)57(7,8)51-23-19-13-46-53(43,55)49-22-18(12-45-54(44,56)50-25(23)29(48-19)40-16-38-20-26(33)34-14-36-28(20)40)47-21(24(22)52-58(9,10)32(4,5)6)17-11-39-41-27(17)35-15-37-30(41)42/h11,14-16,18-19,21-25,29H,12-13H2,1-10H3,(H,43,55)(H,44,56)(H2,33,34,36)(H,35,37,42)/t18-,19-,21+,22-,23?,24?,25-,29-,53?,54?/m1/s1. The van der Waals surface area contributed by atoms with Crippen molar-refractivity contribution in [2.75, 3.05) is 18.9 Å². The maximum absolute atomic E-state index is 14.5. The van der Waals surface area contributed by atoms with Crippen molar-refractivity contribution in [1.29, 1.82) is 0 Å². The van der Waals surface area contributed by atoms with Gasteiger partial charge >= 0.3 is 19.2 Å². The minimum atomic E-state index is -4.32. The number of nitrogens with one attached hydrogen (secondary N) is 1. The molecule has 10 atom stereocenters. The zero-order valence-corrected chi connectivity index (χ0v) is 39.3. The lowest BCUT2D eigenvalue weighted by Gasteiger charge is -2.41. The van der Waals surface area contributed by atoms with E-state index in [0.29, 0.717) is 16.7 Å². The van der Waals surface area contributed by atoms with Crippen LogP contribution in [0.3, 0.4) is 0 Å². The monoisotopic (exact) mass is 919 g/mol. The highest BCUT2D eigenvalue weighted by Crippen LogP contribution is 2.60. The van der Waals surface area contributed by atoms with E-state index >= 15 is 0 Å². The van der Waals surface area contributed by atoms with E-state index in [4.69, 9.17) is 54.0 Å². The van der Waals surface area contributed by atoms with Gasteiger partial charge in [0.2, 0.25) is 0 Å². The van der Waals surface area contributed by atoms with Crippen LogP contribution >= 0.6 is 25.8 Å². The van der Waals surface area contributed by atoms with Crippen LogP contribution in [0, 0.1) is 0 Å². The number of hydrogen-bond acceptors (Lipinski definition) is 17. The number of nitrogens with zero attached hydrogens (tertiary/aromatic N) is 7. The van der Waals surface area contributed by atoms with Gasteiger partial charge in [-0.25, -0.2) is 29.3 Å². The minimum Gasteiger partial charge on any atom is -0.408 e. The van der Waals surface area contributed by atoms with E-state index in [9.17, 15) is 14.3 Å². The number of aromatic nitrogens is 8. The fourth-order valence-corrected chi connectivity index (χ4v) is 12.0. The maximum Gasteiger partial charge on any atom is 0.386 e. The van der Waals surface area contributed by atoms with Crippen molar-refractivity contribution >= 4 is 76.8 Å². The summed E-state index contributed by atoms with van der Waals surface area (Å²) in [6.07, 6.45) is -2.91. The average molecular weight is 920 g/mol. The minimum absolute atomic E-state index is 0.144. The molecule has 0 radical (unpaired) electrons. The highest BCUT2D eigenvalue weighted by molar-refractivity contribution is 8.44. The van der Waals surface area contributed by atoms with E-state index in [1.165, 1.54) is 25.2 Å². The normalized spacial score (nSPS) is 33.2. The van der Waals surface area contributed by atoms with Crippen LogP contribution in [0.25, 0.3) is 16.8 Å². The molecule has 4 N–H and O–H groups in total. The molecule has 3 aliphatic rings. The van der Waals surface area contributed by atoms with Crippen molar-refractivity contribution in [3.05, 3.63) is 41.2 Å². The van der Waals surface area contributed by atoms with Gasteiger partial charge in [-0.2, -0.15) is 9.61 Å². The number of nitrogen functional groups attached to an aromatic ring is 1. The smallest absolute Gasteiger partial charge is 0.386 e. The Kier molecular flexibility index (Phi) is 11.7. The number of rotatable bonds is 6. The third-order valence-corrected chi connectivity index (χ3v) is 23.8. The molecule has 3 saturated heterocycles. The number of H-pyrrole nitrogens is 1. The fraction of sp³-hybridized carbons (Fsp3) is 0.688. The predicted molar refractivity (Wildman–Crippen MR) is 224 cm³/mol. The molecule has 7 heterocycles. The van der Waals surface area contributed by atoms with E-state index < -0.39 is 91.4 Å². The van der Waals surface area contributed by atoms with Crippen molar-refractivity contribution < 1.29 is 45.9 Å². The van der Waals surface area contributed by atoms with Gasteiger partial charge in [-0.15, -0.1) is 0 Å². The summed E-state index contributed by atoms with van der Waals surface area (Å²) >= 11 is 10.2. The van der Waals surface area contributed by atoms with Gasteiger partial charge in [0.25, 0.3) is 0 Å². The molecule has 58 heavy (non-hydrogen) atoms. The first-order valence-corrected chi connectivity index (χ1v) is 29.7. The summed E-state index contributed by atoms with van der Waals surface area (Å²) in [5, 5.41) is 3.67. The number of nitrogens with two attached hydrogens (primary N) is 1. The SMILES string of the molecule is CC(C)(C)[Si](C)(C)OC1[C@H]2OP(O)(=S)OC[C@H]3O[C@@H](c4cnn5c(=O)[nH]cnc45)C(O[Si](C)(C)C(C)(C)C)[C@@H]3OP(=O)(S)OC[C@H]1O[C@H]2n1cnc2c(N)ncnc21. The van der Waals surface area contributed by atoms with Crippen LogP contribution in [-0.4, -0.2) is 110 Å². The summed E-state index contributed by atoms with van der Waals surface area (Å²) in [6, 6.07) is 0. The van der Waals surface area contributed by atoms with Gasteiger partial charge in [0, 0.05) is 5.56 Å². The molecule has 0 aromatic carbocycles. The molecule has 4 unspecified atom stereocenters. The van der Waals surface area contributed by atoms with Crippen LogP contribution in [0.5, 0.6) is 0 Å². The largest absolute Gasteiger partial charge is 0.408 e. The molecule has 0 aliphatic carbocycles. The van der Waals surface area contributed by atoms with Crippen LogP contribution in [0.2, 0.25) is 36.3 Å². The molecule has 26 heteroatoms. The molecule has 2 bridgehead atoms. The van der Waals surface area contributed by atoms with Gasteiger partial charge in [0.15, 0.2) is 40.0 Å². The molecular formula is C32H51N9O11P2S2Si2. The Morgan fingerprint density at radius 3 is 2.26 bits per heavy atom. The molecule has 3 fully saturated rings. The summed E-state index contributed by atoms with van der Waals surface area (Å²) in [6.45, 7) is 11.3. The fourth-order valence-electron chi connectivity index (χ4n) is 6.53. The second-order valence-electron chi connectivity index (χ2n) is 17.6. The molecule has 3 aliphatic heterocycles. The summed E-state index contributed by atoms with van der Waals surface area (Å²) in [4.78, 5) is 44.3. The van der Waals surface area contributed by atoms with E-state index in [0.717, 1.165) is 4.52 Å². The number of thiol groups is 1. The number of hydrogen-bond donors (Lipinski definition) is 4. The van der Waals surface area contributed by atoms with E-state index in [1.54, 1.807) is 4.57 Å². The lowest BCUT2D eigenvalue weighted by Crippen LogP contribution is -2.50.